The first-order valence-electron chi connectivity index (χ1n) is 9.14. The predicted molar refractivity (Wildman–Crippen MR) is 88.2 cm³/mol. The molecule has 0 aromatic heterocycles. The maximum atomic E-state index is 3.94. The monoisotopic (exact) mass is 280 g/mol. The van der Waals surface area contributed by atoms with Gasteiger partial charge >= 0.3 is 0 Å². The first-order chi connectivity index (χ1) is 9.65. The molecule has 2 fully saturated rings. The summed E-state index contributed by atoms with van der Waals surface area (Å²) in [4.78, 5) is 2.84. The van der Waals surface area contributed by atoms with Gasteiger partial charge in [-0.05, 0) is 38.1 Å². The summed E-state index contributed by atoms with van der Waals surface area (Å²) in [6.45, 7) is 10.9. The molecule has 0 aromatic rings. The number of piperazine rings is 1. The van der Waals surface area contributed by atoms with Gasteiger partial charge in [-0.3, -0.25) is 4.90 Å². The summed E-state index contributed by atoms with van der Waals surface area (Å²) in [7, 11) is 0. The van der Waals surface area contributed by atoms with E-state index in [4.69, 9.17) is 0 Å². The van der Waals surface area contributed by atoms with Gasteiger partial charge in [0, 0.05) is 24.7 Å². The van der Waals surface area contributed by atoms with Crippen molar-refractivity contribution in [1.82, 2.24) is 10.2 Å². The first-order valence-corrected chi connectivity index (χ1v) is 9.14. The quantitative estimate of drug-likeness (QED) is 0.703. The van der Waals surface area contributed by atoms with Crippen molar-refractivity contribution in [2.45, 2.75) is 90.1 Å². The van der Waals surface area contributed by atoms with Gasteiger partial charge in [-0.2, -0.15) is 0 Å². The Hall–Kier alpha value is -0.0800. The van der Waals surface area contributed by atoms with Gasteiger partial charge in [-0.15, -0.1) is 0 Å². The second-order valence-corrected chi connectivity index (χ2v) is 7.68. The zero-order valence-electron chi connectivity index (χ0n) is 14.1. The van der Waals surface area contributed by atoms with Gasteiger partial charge in [0.15, 0.2) is 0 Å². The van der Waals surface area contributed by atoms with Crippen molar-refractivity contribution >= 4 is 0 Å². The summed E-state index contributed by atoms with van der Waals surface area (Å²) >= 11 is 0. The van der Waals surface area contributed by atoms with E-state index < -0.39 is 0 Å². The summed E-state index contributed by atoms with van der Waals surface area (Å²) in [6, 6.07) is 0.780. The van der Waals surface area contributed by atoms with Crippen LogP contribution in [0.4, 0.5) is 0 Å². The fourth-order valence-electron chi connectivity index (χ4n) is 4.20. The molecule has 2 heteroatoms. The summed E-state index contributed by atoms with van der Waals surface area (Å²) in [5.41, 5.74) is 0.484. The minimum Gasteiger partial charge on any atom is -0.308 e. The van der Waals surface area contributed by atoms with E-state index in [-0.39, 0.29) is 0 Å². The molecule has 1 aliphatic heterocycles. The van der Waals surface area contributed by atoms with Crippen LogP contribution in [0.1, 0.15) is 78.6 Å². The molecule has 2 rings (SSSR count). The molecule has 1 saturated heterocycles. The Morgan fingerprint density at radius 2 is 1.90 bits per heavy atom. The average Bonchev–Trinajstić information content (AvgIpc) is 2.86. The van der Waals surface area contributed by atoms with Crippen LogP contribution in [0.3, 0.4) is 0 Å². The van der Waals surface area contributed by atoms with Crippen LogP contribution < -0.4 is 5.32 Å². The lowest BCUT2D eigenvalue weighted by Crippen LogP contribution is -2.63. The summed E-state index contributed by atoms with van der Waals surface area (Å²) in [6.07, 6.45) is 12.6. The predicted octanol–water partition coefficient (Wildman–Crippen LogP) is 4.20. The van der Waals surface area contributed by atoms with Crippen LogP contribution in [-0.2, 0) is 0 Å². The molecule has 1 atom stereocenters. The highest BCUT2D eigenvalue weighted by atomic mass is 15.3. The third-order valence-corrected chi connectivity index (χ3v) is 5.34. The molecule has 118 valence electrons. The van der Waals surface area contributed by atoms with Crippen molar-refractivity contribution in [3.8, 4) is 0 Å². The van der Waals surface area contributed by atoms with Crippen molar-refractivity contribution in [2.24, 2.45) is 5.92 Å². The van der Waals surface area contributed by atoms with Crippen molar-refractivity contribution in [1.29, 1.82) is 0 Å². The van der Waals surface area contributed by atoms with E-state index in [1.165, 1.54) is 77.4 Å². The van der Waals surface area contributed by atoms with Gasteiger partial charge in [0.2, 0.25) is 0 Å². The maximum absolute atomic E-state index is 3.94. The number of nitrogens with one attached hydrogen (secondary N) is 1. The number of hydrogen-bond acceptors (Lipinski definition) is 2. The molecule has 1 N–H and O–H groups in total. The van der Waals surface area contributed by atoms with Gasteiger partial charge in [-0.25, -0.2) is 0 Å². The molecule has 2 nitrogen and oxygen atoms in total. The lowest BCUT2D eigenvalue weighted by molar-refractivity contribution is 0.0678. The molecule has 1 heterocycles. The Balaban J connectivity index is 1.88. The molecule has 0 radical (unpaired) electrons. The Morgan fingerprint density at radius 1 is 1.15 bits per heavy atom. The van der Waals surface area contributed by atoms with Crippen LogP contribution in [0.2, 0.25) is 0 Å². The highest BCUT2D eigenvalue weighted by molar-refractivity contribution is 5.01. The molecular formula is C18H36N2. The van der Waals surface area contributed by atoms with E-state index in [1.807, 2.05) is 0 Å². The van der Waals surface area contributed by atoms with Crippen molar-refractivity contribution in [3.63, 3.8) is 0 Å². The smallest absolute Gasteiger partial charge is 0.0309 e. The van der Waals surface area contributed by atoms with Gasteiger partial charge < -0.3 is 5.32 Å². The molecule has 20 heavy (non-hydrogen) atoms. The maximum Gasteiger partial charge on any atom is 0.0309 e. The third kappa shape index (κ3) is 4.46. The topological polar surface area (TPSA) is 15.3 Å². The molecular weight excluding hydrogens is 244 g/mol. The van der Waals surface area contributed by atoms with Crippen LogP contribution in [0, 0.1) is 5.92 Å². The Bertz CT molecular complexity index is 269. The number of rotatable bonds is 7. The summed E-state index contributed by atoms with van der Waals surface area (Å²) in [5, 5.41) is 3.94. The minimum absolute atomic E-state index is 0.484. The summed E-state index contributed by atoms with van der Waals surface area (Å²) < 4.78 is 0. The Morgan fingerprint density at radius 3 is 2.55 bits per heavy atom. The molecule has 0 amide bonds. The van der Waals surface area contributed by atoms with E-state index in [2.05, 4.69) is 31.0 Å². The standard InChI is InChI=1S/C18H36N2/c1-4-5-6-9-12-20-15-18(10-7-8-11-18)19-14-17(20)13-16(2)3/h16-17,19H,4-15H2,1-3H3. The first kappa shape index (κ1) is 16.3. The second-order valence-electron chi connectivity index (χ2n) is 7.68. The van der Waals surface area contributed by atoms with Gasteiger partial charge in [-0.1, -0.05) is 52.9 Å². The number of unbranched alkanes of at least 4 members (excludes halogenated alkanes) is 3. The van der Waals surface area contributed by atoms with Gasteiger partial charge in [0.1, 0.15) is 0 Å². The molecule has 1 saturated carbocycles. The van der Waals surface area contributed by atoms with Crippen LogP contribution in [0.15, 0.2) is 0 Å². The van der Waals surface area contributed by atoms with Crippen molar-refractivity contribution in [3.05, 3.63) is 0 Å². The molecule has 1 unspecified atom stereocenters. The highest BCUT2D eigenvalue weighted by Crippen LogP contribution is 2.34. The van der Waals surface area contributed by atoms with Crippen molar-refractivity contribution < 1.29 is 0 Å². The average molecular weight is 280 g/mol. The van der Waals surface area contributed by atoms with E-state index in [0.29, 0.717) is 5.54 Å². The minimum atomic E-state index is 0.484. The largest absolute Gasteiger partial charge is 0.308 e. The van der Waals surface area contributed by atoms with Crippen LogP contribution in [0.5, 0.6) is 0 Å². The zero-order valence-corrected chi connectivity index (χ0v) is 14.1. The lowest BCUT2D eigenvalue weighted by atomic mass is 9.89. The SMILES string of the molecule is CCCCCCN1CC2(CCCC2)NCC1CC(C)C. The van der Waals surface area contributed by atoms with E-state index in [9.17, 15) is 0 Å². The fraction of sp³-hybridized carbons (Fsp3) is 1.00. The Kier molecular flexibility index (Phi) is 6.35. The Labute approximate surface area is 126 Å². The lowest BCUT2D eigenvalue weighted by Gasteiger charge is -2.47. The van der Waals surface area contributed by atoms with E-state index >= 15 is 0 Å². The molecule has 1 spiro atoms. The second kappa shape index (κ2) is 7.79. The van der Waals surface area contributed by atoms with Gasteiger partial charge in [0.25, 0.3) is 0 Å². The molecule has 2 aliphatic rings. The normalized spacial score (nSPS) is 26.7. The van der Waals surface area contributed by atoms with Crippen molar-refractivity contribution in [2.75, 3.05) is 19.6 Å². The zero-order chi connectivity index (χ0) is 14.4. The fourth-order valence-corrected chi connectivity index (χ4v) is 4.20. The third-order valence-electron chi connectivity index (χ3n) is 5.34. The summed E-state index contributed by atoms with van der Waals surface area (Å²) in [5.74, 6) is 0.817. The molecule has 0 aromatic carbocycles. The highest BCUT2D eigenvalue weighted by Gasteiger charge is 2.40. The molecule has 0 bridgehead atoms. The van der Waals surface area contributed by atoms with Gasteiger partial charge in [0.05, 0.1) is 0 Å². The van der Waals surface area contributed by atoms with Crippen LogP contribution in [0.25, 0.3) is 0 Å². The van der Waals surface area contributed by atoms with Crippen LogP contribution >= 0.6 is 0 Å². The van der Waals surface area contributed by atoms with E-state index in [1.54, 1.807) is 0 Å². The van der Waals surface area contributed by atoms with E-state index in [0.717, 1.165) is 12.0 Å². The molecule has 1 aliphatic carbocycles. The van der Waals surface area contributed by atoms with Crippen LogP contribution in [-0.4, -0.2) is 36.1 Å². The number of nitrogens with zero attached hydrogens (tertiary/aromatic N) is 1. The number of hydrogen-bond donors (Lipinski definition) is 1.